The molecule has 1 aromatic heterocycles. The molecule has 0 amide bonds. The molecule has 2 nitrogen and oxygen atoms in total. The Bertz CT molecular complexity index is 332. The zero-order valence-electron chi connectivity index (χ0n) is 9.66. The minimum atomic E-state index is 0.198. The van der Waals surface area contributed by atoms with Crippen molar-refractivity contribution in [3.05, 3.63) is 20.8 Å². The summed E-state index contributed by atoms with van der Waals surface area (Å²) in [6.45, 7) is 4.51. The van der Waals surface area contributed by atoms with Crippen LogP contribution in [0.2, 0.25) is 0 Å². The number of likely N-dealkylation sites (tertiary alicyclic amines) is 1. The monoisotopic (exact) mass is 302 g/mol. The maximum absolute atomic E-state index is 6.16. The van der Waals surface area contributed by atoms with E-state index < -0.39 is 0 Å². The fraction of sp³-hybridized carbons (Fsp3) is 0.667. The Morgan fingerprint density at radius 3 is 2.50 bits per heavy atom. The molecular formula is C12H19BrN2S. The van der Waals surface area contributed by atoms with Gasteiger partial charge < -0.3 is 5.73 Å². The number of hydrogen-bond acceptors (Lipinski definition) is 3. The lowest BCUT2D eigenvalue weighted by Crippen LogP contribution is -2.41. The van der Waals surface area contributed by atoms with Gasteiger partial charge in [-0.15, -0.1) is 11.3 Å². The van der Waals surface area contributed by atoms with Crippen molar-refractivity contribution in [3.8, 4) is 0 Å². The van der Waals surface area contributed by atoms with Gasteiger partial charge in [0.25, 0.3) is 0 Å². The fourth-order valence-electron chi connectivity index (χ4n) is 2.46. The number of thiophene rings is 1. The van der Waals surface area contributed by atoms with E-state index in [-0.39, 0.29) is 6.04 Å². The van der Waals surface area contributed by atoms with Crippen LogP contribution in [0.5, 0.6) is 0 Å². The largest absolute Gasteiger partial charge is 0.326 e. The van der Waals surface area contributed by atoms with Crippen molar-refractivity contribution in [3.63, 3.8) is 0 Å². The Balaban J connectivity index is 2.16. The van der Waals surface area contributed by atoms with Crippen LogP contribution in [0.3, 0.4) is 0 Å². The highest BCUT2D eigenvalue weighted by molar-refractivity contribution is 9.11. The Labute approximate surface area is 110 Å². The van der Waals surface area contributed by atoms with E-state index in [1.54, 1.807) is 0 Å². The molecule has 2 rings (SSSR count). The lowest BCUT2D eigenvalue weighted by Gasteiger charge is -2.36. The van der Waals surface area contributed by atoms with Gasteiger partial charge >= 0.3 is 0 Å². The van der Waals surface area contributed by atoms with Gasteiger partial charge in [-0.2, -0.15) is 0 Å². The van der Waals surface area contributed by atoms with Crippen LogP contribution < -0.4 is 5.73 Å². The number of hydrogen-bond donors (Lipinski definition) is 1. The Kier molecular flexibility index (Phi) is 4.41. The third-order valence-electron chi connectivity index (χ3n) is 3.17. The molecule has 0 aliphatic carbocycles. The topological polar surface area (TPSA) is 29.3 Å². The second-order valence-electron chi connectivity index (χ2n) is 4.54. The van der Waals surface area contributed by atoms with Gasteiger partial charge in [-0.25, -0.2) is 0 Å². The molecule has 16 heavy (non-hydrogen) atoms. The molecule has 2 atom stereocenters. The SMILES string of the molecule is CC(N)C(c1ccc(Br)s1)N1CCCCC1. The summed E-state index contributed by atoms with van der Waals surface area (Å²) in [5, 5.41) is 0. The molecule has 0 saturated carbocycles. The second kappa shape index (κ2) is 5.63. The quantitative estimate of drug-likeness (QED) is 0.927. The number of nitrogens with zero attached hydrogens (tertiary/aromatic N) is 1. The van der Waals surface area contributed by atoms with Crippen LogP contribution in [0.4, 0.5) is 0 Å². The second-order valence-corrected chi connectivity index (χ2v) is 7.04. The highest BCUT2D eigenvalue weighted by atomic mass is 79.9. The van der Waals surface area contributed by atoms with Gasteiger partial charge in [-0.3, -0.25) is 4.90 Å². The molecule has 0 spiro atoms. The maximum Gasteiger partial charge on any atom is 0.0702 e. The number of piperidine rings is 1. The van der Waals surface area contributed by atoms with Crippen molar-refractivity contribution in [1.82, 2.24) is 4.90 Å². The van der Waals surface area contributed by atoms with E-state index in [1.807, 2.05) is 11.3 Å². The predicted octanol–water partition coefficient (Wildman–Crippen LogP) is 3.38. The van der Waals surface area contributed by atoms with E-state index in [4.69, 9.17) is 5.73 Å². The van der Waals surface area contributed by atoms with Crippen LogP contribution in [-0.4, -0.2) is 24.0 Å². The van der Waals surface area contributed by atoms with Gasteiger partial charge in [-0.1, -0.05) is 6.42 Å². The first-order valence-electron chi connectivity index (χ1n) is 5.93. The fourth-order valence-corrected chi connectivity index (χ4v) is 4.13. The molecule has 2 unspecified atom stereocenters. The summed E-state index contributed by atoms with van der Waals surface area (Å²) in [6, 6.07) is 4.93. The first-order chi connectivity index (χ1) is 7.68. The molecule has 2 N–H and O–H groups in total. The average molecular weight is 303 g/mol. The van der Waals surface area contributed by atoms with Gasteiger partial charge in [0.2, 0.25) is 0 Å². The number of halogens is 1. The van der Waals surface area contributed by atoms with Gasteiger partial charge in [-0.05, 0) is 60.9 Å². The molecule has 0 aromatic carbocycles. The maximum atomic E-state index is 6.16. The van der Waals surface area contributed by atoms with Gasteiger partial charge in [0.05, 0.1) is 9.83 Å². The third-order valence-corrected chi connectivity index (χ3v) is 4.86. The van der Waals surface area contributed by atoms with Crippen molar-refractivity contribution >= 4 is 27.3 Å². The van der Waals surface area contributed by atoms with Crippen molar-refractivity contribution in [1.29, 1.82) is 0 Å². The van der Waals surface area contributed by atoms with Crippen molar-refractivity contribution in [2.75, 3.05) is 13.1 Å². The Morgan fingerprint density at radius 1 is 1.31 bits per heavy atom. The summed E-state index contributed by atoms with van der Waals surface area (Å²) >= 11 is 5.35. The summed E-state index contributed by atoms with van der Waals surface area (Å²) < 4.78 is 1.20. The van der Waals surface area contributed by atoms with Crippen molar-refractivity contribution in [2.24, 2.45) is 5.73 Å². The van der Waals surface area contributed by atoms with E-state index in [2.05, 4.69) is 39.9 Å². The van der Waals surface area contributed by atoms with Gasteiger partial charge in [0.15, 0.2) is 0 Å². The van der Waals surface area contributed by atoms with E-state index in [1.165, 1.54) is 41.0 Å². The van der Waals surface area contributed by atoms with Gasteiger partial charge in [0, 0.05) is 10.9 Å². The van der Waals surface area contributed by atoms with E-state index >= 15 is 0 Å². The summed E-state index contributed by atoms with van der Waals surface area (Å²) in [5.74, 6) is 0. The minimum absolute atomic E-state index is 0.198. The summed E-state index contributed by atoms with van der Waals surface area (Å²) in [6.07, 6.45) is 4.00. The first kappa shape index (κ1) is 12.6. The van der Waals surface area contributed by atoms with E-state index in [9.17, 15) is 0 Å². The molecular weight excluding hydrogens is 284 g/mol. The van der Waals surface area contributed by atoms with E-state index in [0.29, 0.717) is 6.04 Å². The zero-order chi connectivity index (χ0) is 11.5. The molecule has 0 radical (unpaired) electrons. The average Bonchev–Trinajstić information content (AvgIpc) is 2.66. The summed E-state index contributed by atoms with van der Waals surface area (Å²) in [4.78, 5) is 3.94. The smallest absolute Gasteiger partial charge is 0.0702 e. The molecule has 90 valence electrons. The van der Waals surface area contributed by atoms with Crippen LogP contribution in [0.1, 0.15) is 37.1 Å². The molecule has 2 heterocycles. The first-order valence-corrected chi connectivity index (χ1v) is 7.54. The standard InChI is InChI=1S/C12H19BrN2S/c1-9(14)12(10-5-6-11(13)16-10)15-7-3-2-4-8-15/h5-6,9,12H,2-4,7-8,14H2,1H3. The normalized spacial score (nSPS) is 21.9. The van der Waals surface area contributed by atoms with Crippen molar-refractivity contribution in [2.45, 2.75) is 38.3 Å². The Hall–Kier alpha value is 0.1000. The third kappa shape index (κ3) is 2.86. The molecule has 0 bridgehead atoms. The van der Waals surface area contributed by atoms with E-state index in [0.717, 1.165) is 0 Å². The highest BCUT2D eigenvalue weighted by Crippen LogP contribution is 2.33. The summed E-state index contributed by atoms with van der Waals surface area (Å²) in [5.41, 5.74) is 6.16. The van der Waals surface area contributed by atoms with Crippen LogP contribution in [-0.2, 0) is 0 Å². The lowest BCUT2D eigenvalue weighted by atomic mass is 10.0. The van der Waals surface area contributed by atoms with Crippen molar-refractivity contribution < 1.29 is 0 Å². The van der Waals surface area contributed by atoms with Crippen LogP contribution in [0, 0.1) is 0 Å². The molecule has 1 aliphatic rings. The molecule has 1 saturated heterocycles. The summed E-state index contributed by atoms with van der Waals surface area (Å²) in [7, 11) is 0. The minimum Gasteiger partial charge on any atom is -0.326 e. The lowest BCUT2D eigenvalue weighted by molar-refractivity contribution is 0.149. The van der Waals surface area contributed by atoms with Crippen LogP contribution in [0.15, 0.2) is 15.9 Å². The zero-order valence-corrected chi connectivity index (χ0v) is 12.1. The number of rotatable bonds is 3. The predicted molar refractivity (Wildman–Crippen MR) is 73.8 cm³/mol. The molecule has 1 aromatic rings. The highest BCUT2D eigenvalue weighted by Gasteiger charge is 2.26. The van der Waals surface area contributed by atoms with Crippen LogP contribution in [0.25, 0.3) is 0 Å². The molecule has 1 fully saturated rings. The molecule has 1 aliphatic heterocycles. The number of nitrogens with two attached hydrogens (primary N) is 1. The molecule has 4 heteroatoms. The van der Waals surface area contributed by atoms with Crippen LogP contribution >= 0.6 is 27.3 Å². The Morgan fingerprint density at radius 2 is 2.00 bits per heavy atom. The van der Waals surface area contributed by atoms with Gasteiger partial charge in [0.1, 0.15) is 0 Å².